The Bertz CT molecular complexity index is 321. The topological polar surface area (TPSA) is 0 Å². The van der Waals surface area contributed by atoms with Gasteiger partial charge in [-0.1, -0.05) is 40.8 Å². The van der Waals surface area contributed by atoms with E-state index in [0.717, 1.165) is 22.4 Å². The second kappa shape index (κ2) is 17.5. The average Bonchev–Trinajstić information content (AvgIpc) is 2.78. The second-order valence-corrected chi connectivity index (χ2v) is 5.79. The van der Waals surface area contributed by atoms with E-state index in [1.807, 2.05) is 0 Å². The molecule has 0 unspecified atom stereocenters. The van der Waals surface area contributed by atoms with Crippen LogP contribution < -0.4 is 24.8 Å². The maximum atomic E-state index is 3.19. The van der Waals surface area contributed by atoms with Crippen molar-refractivity contribution in [2.75, 3.05) is 0 Å². The normalized spacial score (nSPS) is 14.3. The van der Waals surface area contributed by atoms with Gasteiger partial charge in [0, 0.05) is 9.52 Å². The number of allylic oxidation sites excluding steroid dienone is 8. The van der Waals surface area contributed by atoms with Crippen LogP contribution in [0.15, 0.2) is 34.4 Å². The summed E-state index contributed by atoms with van der Waals surface area (Å²) in [7, 11) is 0.750. The molecular formula is C16H25Cl2SiTi. The quantitative estimate of drug-likeness (QED) is 0.370. The summed E-state index contributed by atoms with van der Waals surface area (Å²) in [5.74, 6) is 0. The van der Waals surface area contributed by atoms with E-state index >= 15 is 0 Å². The van der Waals surface area contributed by atoms with E-state index in [9.17, 15) is 0 Å². The molecule has 0 amide bonds. The zero-order valence-corrected chi connectivity index (χ0v) is 17.6. The number of hydrogen-bond acceptors (Lipinski definition) is 0. The van der Waals surface area contributed by atoms with Gasteiger partial charge in [-0.25, -0.2) is 23.3 Å². The third kappa shape index (κ3) is 16.5. The molecule has 0 aliphatic heterocycles. The van der Waals surface area contributed by atoms with E-state index < -0.39 is 0 Å². The zero-order chi connectivity index (χ0) is 13.3. The first-order chi connectivity index (χ1) is 7.99. The minimum absolute atomic E-state index is 0. The molecule has 0 saturated carbocycles. The molecule has 2 aliphatic rings. The fourth-order valence-electron chi connectivity index (χ4n) is 1.50. The van der Waals surface area contributed by atoms with Crippen LogP contribution in [0.25, 0.3) is 0 Å². The Morgan fingerprint density at radius 2 is 1.05 bits per heavy atom. The van der Waals surface area contributed by atoms with Crippen molar-refractivity contribution in [1.82, 2.24) is 0 Å². The zero-order valence-electron chi connectivity index (χ0n) is 13.4. The molecule has 0 bridgehead atoms. The van der Waals surface area contributed by atoms with Crippen LogP contribution in [0.4, 0.5) is 0 Å². The molecule has 0 spiro atoms. The van der Waals surface area contributed by atoms with Crippen molar-refractivity contribution in [1.29, 1.82) is 0 Å². The van der Waals surface area contributed by atoms with E-state index in [0.29, 0.717) is 0 Å². The molecule has 4 heteroatoms. The van der Waals surface area contributed by atoms with E-state index in [2.05, 4.69) is 65.1 Å². The molecule has 111 valence electrons. The molecule has 0 saturated heterocycles. The van der Waals surface area contributed by atoms with Crippen LogP contribution in [0.2, 0.25) is 13.1 Å². The van der Waals surface area contributed by atoms with Crippen LogP contribution in [0, 0.1) is 12.2 Å². The van der Waals surface area contributed by atoms with Crippen LogP contribution >= 0.6 is 0 Å². The van der Waals surface area contributed by atoms with E-state index in [1.165, 1.54) is 22.3 Å². The number of hydrogen-bond donors (Lipinski definition) is 0. The third-order valence-electron chi connectivity index (χ3n) is 2.22. The maximum Gasteiger partial charge on any atom is 4.00 e. The Kier molecular flexibility index (Phi) is 25.1. The van der Waals surface area contributed by atoms with Gasteiger partial charge in [0.15, 0.2) is 0 Å². The van der Waals surface area contributed by atoms with Gasteiger partial charge in [-0.2, -0.15) is 11.1 Å². The van der Waals surface area contributed by atoms with Gasteiger partial charge >= 0.3 is 21.7 Å². The molecule has 0 nitrogen and oxygen atoms in total. The average molecular weight is 364 g/mol. The van der Waals surface area contributed by atoms with Gasteiger partial charge < -0.3 is 24.8 Å². The standard InChI is InChI=1S/2C7H9.C2H7Si.2ClH.Ti/c2*1-6-3-4-7(2)5-6;1-3-2;;;/h2*5H,3H2,1-2H3;3H,1-2H3;2*1H;/q2*-1;;;;+4/p-2. The molecule has 0 atom stereocenters. The van der Waals surface area contributed by atoms with Crippen molar-refractivity contribution in [3.8, 4) is 0 Å². The van der Waals surface area contributed by atoms with Crippen molar-refractivity contribution < 1.29 is 46.5 Å². The van der Waals surface area contributed by atoms with Crippen LogP contribution in [0.1, 0.15) is 40.5 Å². The summed E-state index contributed by atoms with van der Waals surface area (Å²) < 4.78 is 0. The fourth-order valence-corrected chi connectivity index (χ4v) is 1.50. The Morgan fingerprint density at radius 3 is 1.10 bits per heavy atom. The second-order valence-electron chi connectivity index (χ2n) is 4.63. The van der Waals surface area contributed by atoms with E-state index in [4.69, 9.17) is 0 Å². The summed E-state index contributed by atoms with van der Waals surface area (Å²) in [6.07, 6.45) is 12.8. The van der Waals surface area contributed by atoms with Crippen LogP contribution in [0.5, 0.6) is 0 Å². The Balaban J connectivity index is -0.0000000956. The first-order valence-electron chi connectivity index (χ1n) is 6.22. The molecule has 0 fully saturated rings. The van der Waals surface area contributed by atoms with Gasteiger partial charge in [0.25, 0.3) is 0 Å². The van der Waals surface area contributed by atoms with Gasteiger partial charge in [-0.15, -0.1) is 12.8 Å². The molecule has 0 heterocycles. The number of rotatable bonds is 0. The molecule has 2 rings (SSSR count). The first-order valence-corrected chi connectivity index (χ1v) is 8.53. The third-order valence-corrected chi connectivity index (χ3v) is 2.22. The maximum absolute atomic E-state index is 3.19. The Labute approximate surface area is 155 Å². The molecule has 0 aromatic carbocycles. The Hall–Kier alpha value is 0.471. The number of halogens is 2. The molecule has 1 radical (unpaired) electrons. The van der Waals surface area contributed by atoms with Crippen LogP contribution in [-0.4, -0.2) is 9.52 Å². The van der Waals surface area contributed by atoms with Crippen LogP contribution in [0.3, 0.4) is 0 Å². The van der Waals surface area contributed by atoms with Crippen molar-refractivity contribution in [2.45, 2.75) is 53.6 Å². The fraction of sp³-hybridized carbons (Fsp3) is 0.500. The summed E-state index contributed by atoms with van der Waals surface area (Å²) in [6, 6.07) is 0. The van der Waals surface area contributed by atoms with Crippen LogP contribution in [-0.2, 0) is 21.7 Å². The molecule has 20 heavy (non-hydrogen) atoms. The van der Waals surface area contributed by atoms with E-state index in [1.54, 1.807) is 0 Å². The smallest absolute Gasteiger partial charge is 1.00 e. The SMILES string of the molecule is CC1=[C-]CC(C)=C1.CC1=[C-]CC(C)=C1.C[SiH]C.[Cl-].[Cl-].[Ti+4]. The van der Waals surface area contributed by atoms with Crippen molar-refractivity contribution in [3.63, 3.8) is 0 Å². The molecule has 0 N–H and O–H groups in total. The summed E-state index contributed by atoms with van der Waals surface area (Å²) >= 11 is 0. The summed E-state index contributed by atoms with van der Waals surface area (Å²) in [6.45, 7) is 12.8. The summed E-state index contributed by atoms with van der Waals surface area (Å²) in [5.41, 5.74) is 5.44. The molecular weight excluding hydrogens is 339 g/mol. The van der Waals surface area contributed by atoms with Gasteiger partial charge in [0.05, 0.1) is 0 Å². The van der Waals surface area contributed by atoms with Gasteiger partial charge in [-0.05, 0) is 0 Å². The molecule has 0 aromatic heterocycles. The Morgan fingerprint density at radius 1 is 0.800 bits per heavy atom. The first kappa shape index (κ1) is 28.6. The summed E-state index contributed by atoms with van der Waals surface area (Å²) in [4.78, 5) is 0. The predicted octanol–water partition coefficient (Wildman–Crippen LogP) is -1.30. The minimum Gasteiger partial charge on any atom is -1.00 e. The van der Waals surface area contributed by atoms with Gasteiger partial charge in [0.1, 0.15) is 0 Å². The summed E-state index contributed by atoms with van der Waals surface area (Å²) in [5, 5.41) is 0. The van der Waals surface area contributed by atoms with Gasteiger partial charge in [-0.3, -0.25) is 12.2 Å². The predicted molar refractivity (Wildman–Crippen MR) is 80.5 cm³/mol. The van der Waals surface area contributed by atoms with Crippen molar-refractivity contribution in [3.05, 3.63) is 46.6 Å². The van der Waals surface area contributed by atoms with Crippen molar-refractivity contribution in [2.24, 2.45) is 0 Å². The van der Waals surface area contributed by atoms with E-state index in [-0.39, 0.29) is 46.5 Å². The van der Waals surface area contributed by atoms with Crippen molar-refractivity contribution >= 4 is 9.52 Å². The monoisotopic (exact) mass is 363 g/mol. The largest absolute Gasteiger partial charge is 4.00 e. The molecule has 2 aliphatic carbocycles. The van der Waals surface area contributed by atoms with Gasteiger partial charge in [0.2, 0.25) is 0 Å². The minimum atomic E-state index is 0. The molecule has 0 aromatic rings.